The van der Waals surface area contributed by atoms with Crippen LogP contribution in [0, 0.1) is 0 Å². The van der Waals surface area contributed by atoms with Crippen LogP contribution in [0.25, 0.3) is 0 Å². The van der Waals surface area contributed by atoms with Crippen LogP contribution in [-0.4, -0.2) is 51.5 Å². The molecule has 0 bridgehead atoms. The zero-order chi connectivity index (χ0) is 13.5. The van der Waals surface area contributed by atoms with E-state index in [9.17, 15) is 0 Å². The maximum atomic E-state index is 5.04. The number of ether oxygens (including phenoxy) is 1. The normalized spacial score (nSPS) is 21.5. The molecule has 1 aromatic rings. The van der Waals surface area contributed by atoms with Gasteiger partial charge in [-0.15, -0.1) is 5.10 Å². The van der Waals surface area contributed by atoms with Gasteiger partial charge in [-0.2, -0.15) is 11.8 Å². The Hall–Kier alpha value is -0.660. The van der Waals surface area contributed by atoms with Gasteiger partial charge in [0, 0.05) is 18.9 Å². The molecule has 1 aromatic heterocycles. The molecule has 0 aromatic carbocycles. The topological polar surface area (TPSA) is 64.9 Å². The highest BCUT2D eigenvalue weighted by atomic mass is 32.2. The molecule has 1 fully saturated rings. The molecule has 2 unspecified atom stereocenters. The number of nitrogens with zero attached hydrogens (tertiary/aromatic N) is 4. The van der Waals surface area contributed by atoms with E-state index >= 15 is 0 Å². The quantitative estimate of drug-likeness (QED) is 0.761. The van der Waals surface area contributed by atoms with Crippen molar-refractivity contribution in [3.8, 4) is 0 Å². The number of nitrogens with one attached hydrogen (secondary N) is 1. The lowest BCUT2D eigenvalue weighted by Crippen LogP contribution is -2.27. The zero-order valence-corrected chi connectivity index (χ0v) is 12.5. The SMILES string of the molecule is COCCNC(C)c1nnnn1CC1CCCCS1. The summed E-state index contributed by atoms with van der Waals surface area (Å²) in [6, 6.07) is 0.152. The Morgan fingerprint density at radius 2 is 2.42 bits per heavy atom. The zero-order valence-electron chi connectivity index (χ0n) is 11.7. The third kappa shape index (κ3) is 4.43. The number of thioether (sulfide) groups is 1. The van der Waals surface area contributed by atoms with Gasteiger partial charge in [0.2, 0.25) is 0 Å². The lowest BCUT2D eigenvalue weighted by Gasteiger charge is -2.22. The summed E-state index contributed by atoms with van der Waals surface area (Å²) in [5.41, 5.74) is 0. The minimum atomic E-state index is 0.152. The van der Waals surface area contributed by atoms with Gasteiger partial charge in [0.15, 0.2) is 5.82 Å². The number of hydrogen-bond acceptors (Lipinski definition) is 6. The lowest BCUT2D eigenvalue weighted by molar-refractivity contribution is 0.195. The van der Waals surface area contributed by atoms with E-state index in [1.165, 1.54) is 25.0 Å². The van der Waals surface area contributed by atoms with Crippen molar-refractivity contribution in [1.29, 1.82) is 0 Å². The van der Waals surface area contributed by atoms with E-state index in [0.717, 1.165) is 18.9 Å². The monoisotopic (exact) mass is 285 g/mol. The van der Waals surface area contributed by atoms with Crippen molar-refractivity contribution in [2.45, 2.75) is 44.0 Å². The predicted molar refractivity (Wildman–Crippen MR) is 76.2 cm³/mol. The molecule has 19 heavy (non-hydrogen) atoms. The van der Waals surface area contributed by atoms with Crippen molar-refractivity contribution in [2.24, 2.45) is 0 Å². The van der Waals surface area contributed by atoms with Gasteiger partial charge in [0.05, 0.1) is 19.2 Å². The van der Waals surface area contributed by atoms with Crippen molar-refractivity contribution < 1.29 is 4.74 Å². The van der Waals surface area contributed by atoms with E-state index in [0.29, 0.717) is 11.9 Å². The van der Waals surface area contributed by atoms with Gasteiger partial charge < -0.3 is 10.1 Å². The average molecular weight is 285 g/mol. The molecule has 0 spiro atoms. The first-order valence-electron chi connectivity index (χ1n) is 6.91. The van der Waals surface area contributed by atoms with Crippen LogP contribution in [0.3, 0.4) is 0 Å². The van der Waals surface area contributed by atoms with Crippen molar-refractivity contribution in [1.82, 2.24) is 25.5 Å². The molecule has 7 heteroatoms. The fourth-order valence-electron chi connectivity index (χ4n) is 2.26. The van der Waals surface area contributed by atoms with Gasteiger partial charge >= 0.3 is 0 Å². The summed E-state index contributed by atoms with van der Waals surface area (Å²) in [7, 11) is 1.71. The molecule has 0 saturated carbocycles. The Labute approximate surface area is 118 Å². The molecule has 108 valence electrons. The van der Waals surface area contributed by atoms with Gasteiger partial charge in [-0.25, -0.2) is 4.68 Å². The lowest BCUT2D eigenvalue weighted by atomic mass is 10.2. The Morgan fingerprint density at radius 3 is 3.16 bits per heavy atom. The second kappa shape index (κ2) is 7.81. The Morgan fingerprint density at radius 1 is 1.53 bits per heavy atom. The highest BCUT2D eigenvalue weighted by Gasteiger charge is 2.19. The Balaban J connectivity index is 1.88. The summed E-state index contributed by atoms with van der Waals surface area (Å²) < 4.78 is 6.99. The molecule has 2 rings (SSSR count). The first kappa shape index (κ1) is 14.7. The van der Waals surface area contributed by atoms with Crippen LogP contribution in [0.15, 0.2) is 0 Å². The number of rotatable bonds is 7. The molecular weight excluding hydrogens is 262 g/mol. The summed E-state index contributed by atoms with van der Waals surface area (Å²) >= 11 is 2.05. The fourth-order valence-corrected chi connectivity index (χ4v) is 3.55. The first-order chi connectivity index (χ1) is 9.31. The molecule has 2 heterocycles. The smallest absolute Gasteiger partial charge is 0.167 e. The number of methoxy groups -OCH3 is 1. The summed E-state index contributed by atoms with van der Waals surface area (Å²) in [6.45, 7) is 4.52. The second-order valence-corrected chi connectivity index (χ2v) is 6.28. The van der Waals surface area contributed by atoms with E-state index in [2.05, 4.69) is 27.8 Å². The van der Waals surface area contributed by atoms with Crippen molar-refractivity contribution in [3.05, 3.63) is 5.82 Å². The molecule has 2 atom stereocenters. The molecule has 1 aliphatic rings. The van der Waals surface area contributed by atoms with Crippen LogP contribution in [-0.2, 0) is 11.3 Å². The van der Waals surface area contributed by atoms with Crippen molar-refractivity contribution in [2.75, 3.05) is 26.0 Å². The molecule has 0 radical (unpaired) electrons. The number of tetrazole rings is 1. The summed E-state index contributed by atoms with van der Waals surface area (Å²) in [5.74, 6) is 2.19. The van der Waals surface area contributed by atoms with E-state index in [4.69, 9.17) is 4.74 Å². The standard InChI is InChI=1S/C12H23N5OS/c1-10(13-6-7-18-2)12-14-15-16-17(12)9-11-5-3-4-8-19-11/h10-11,13H,3-9H2,1-2H3. The van der Waals surface area contributed by atoms with Crippen LogP contribution < -0.4 is 5.32 Å². The molecular formula is C12H23N5OS. The minimum absolute atomic E-state index is 0.152. The molecule has 6 nitrogen and oxygen atoms in total. The Bertz CT molecular complexity index is 367. The van der Waals surface area contributed by atoms with Crippen LogP contribution in [0.1, 0.15) is 38.1 Å². The van der Waals surface area contributed by atoms with Gasteiger partial charge in [0.25, 0.3) is 0 Å². The van der Waals surface area contributed by atoms with Crippen molar-refractivity contribution in [3.63, 3.8) is 0 Å². The van der Waals surface area contributed by atoms with Gasteiger partial charge in [-0.1, -0.05) is 6.42 Å². The maximum absolute atomic E-state index is 5.04. The minimum Gasteiger partial charge on any atom is -0.383 e. The van der Waals surface area contributed by atoms with Gasteiger partial charge in [-0.3, -0.25) is 0 Å². The number of aromatic nitrogens is 4. The molecule has 0 aliphatic carbocycles. The fraction of sp³-hybridized carbons (Fsp3) is 0.917. The highest BCUT2D eigenvalue weighted by molar-refractivity contribution is 7.99. The third-order valence-electron chi connectivity index (χ3n) is 3.35. The molecule has 0 amide bonds. The van der Waals surface area contributed by atoms with E-state index in [1.807, 2.05) is 16.4 Å². The number of hydrogen-bond donors (Lipinski definition) is 1. The molecule has 1 saturated heterocycles. The third-order valence-corrected chi connectivity index (χ3v) is 4.73. The average Bonchev–Trinajstić information content (AvgIpc) is 2.88. The Kier molecular flexibility index (Phi) is 6.06. The highest BCUT2D eigenvalue weighted by Crippen LogP contribution is 2.26. The van der Waals surface area contributed by atoms with Crippen LogP contribution in [0.4, 0.5) is 0 Å². The van der Waals surface area contributed by atoms with E-state index < -0.39 is 0 Å². The molecule has 1 aliphatic heterocycles. The van der Waals surface area contributed by atoms with Crippen molar-refractivity contribution >= 4 is 11.8 Å². The van der Waals surface area contributed by atoms with E-state index in [-0.39, 0.29) is 6.04 Å². The van der Waals surface area contributed by atoms with Gasteiger partial charge in [-0.05, 0) is 35.9 Å². The first-order valence-corrected chi connectivity index (χ1v) is 7.96. The van der Waals surface area contributed by atoms with Crippen LogP contribution in [0.2, 0.25) is 0 Å². The predicted octanol–water partition coefficient (Wildman–Crippen LogP) is 1.26. The summed E-state index contributed by atoms with van der Waals surface area (Å²) in [5, 5.41) is 16.1. The second-order valence-electron chi connectivity index (χ2n) is 4.88. The van der Waals surface area contributed by atoms with Crippen LogP contribution >= 0.6 is 11.8 Å². The van der Waals surface area contributed by atoms with Crippen LogP contribution in [0.5, 0.6) is 0 Å². The summed E-state index contributed by atoms with van der Waals surface area (Å²) in [6.07, 6.45) is 3.95. The van der Waals surface area contributed by atoms with E-state index in [1.54, 1.807) is 7.11 Å². The maximum Gasteiger partial charge on any atom is 0.167 e. The summed E-state index contributed by atoms with van der Waals surface area (Å²) in [4.78, 5) is 0. The molecule has 1 N–H and O–H groups in total. The largest absolute Gasteiger partial charge is 0.383 e. The van der Waals surface area contributed by atoms with Gasteiger partial charge in [0.1, 0.15) is 0 Å².